The van der Waals surface area contributed by atoms with Gasteiger partial charge in [0, 0.05) is 7.05 Å². The Bertz CT molecular complexity index is 520. The number of carboxylic acid groups (broad SMARTS) is 1. The van der Waals surface area contributed by atoms with Crippen molar-refractivity contribution in [1.29, 1.82) is 0 Å². The zero-order chi connectivity index (χ0) is 11.0. The molecule has 2 heterocycles. The third-order valence-corrected chi connectivity index (χ3v) is 3.35. The maximum Gasteiger partial charge on any atom is 0.358 e. The maximum absolute atomic E-state index is 10.9. The molecule has 0 saturated carbocycles. The lowest BCUT2D eigenvalue weighted by Crippen LogP contribution is -2.00. The summed E-state index contributed by atoms with van der Waals surface area (Å²) in [6.07, 6.45) is 0. The summed E-state index contributed by atoms with van der Waals surface area (Å²) in [5, 5.41) is 16.7. The Morgan fingerprint density at radius 1 is 1.53 bits per heavy atom. The molecule has 0 fully saturated rings. The number of carbonyl (C=O) groups is 1. The van der Waals surface area contributed by atoms with Crippen LogP contribution in [0.3, 0.4) is 0 Å². The van der Waals surface area contributed by atoms with Crippen molar-refractivity contribution >= 4 is 33.2 Å². The van der Waals surface area contributed by atoms with Crippen LogP contribution in [-0.2, 0) is 7.05 Å². The number of hydrogen-bond acceptors (Lipinski definition) is 4. The molecule has 0 saturated heterocycles. The fourth-order valence-electron chi connectivity index (χ4n) is 1.16. The highest BCUT2D eigenvalue weighted by molar-refractivity contribution is 9.11. The summed E-state index contributed by atoms with van der Waals surface area (Å²) >= 11 is 4.74. The molecule has 0 spiro atoms. The second kappa shape index (κ2) is 3.74. The largest absolute Gasteiger partial charge is 0.476 e. The number of aryl methyl sites for hydroxylation is 1. The van der Waals surface area contributed by atoms with E-state index in [0.717, 1.165) is 8.66 Å². The average Bonchev–Trinajstić information content (AvgIpc) is 2.71. The number of aromatic nitrogens is 3. The molecule has 2 aromatic rings. The molecule has 1 N–H and O–H groups in total. The number of hydrogen-bond donors (Lipinski definition) is 1. The lowest BCUT2D eigenvalue weighted by Gasteiger charge is -1.90. The van der Waals surface area contributed by atoms with Crippen molar-refractivity contribution in [3.8, 4) is 10.6 Å². The van der Waals surface area contributed by atoms with E-state index in [4.69, 9.17) is 5.11 Å². The van der Waals surface area contributed by atoms with Gasteiger partial charge in [-0.1, -0.05) is 0 Å². The summed E-state index contributed by atoms with van der Waals surface area (Å²) in [4.78, 5) is 12.9. The highest BCUT2D eigenvalue weighted by atomic mass is 79.9. The first-order valence-corrected chi connectivity index (χ1v) is 5.59. The Balaban J connectivity index is 2.56. The van der Waals surface area contributed by atoms with E-state index >= 15 is 0 Å². The smallest absolute Gasteiger partial charge is 0.358 e. The van der Waals surface area contributed by atoms with Crippen LogP contribution < -0.4 is 0 Å². The van der Waals surface area contributed by atoms with Crippen molar-refractivity contribution in [3.05, 3.63) is 21.6 Å². The second-order valence-electron chi connectivity index (χ2n) is 2.80. The van der Waals surface area contributed by atoms with Gasteiger partial charge in [-0.2, -0.15) is 9.90 Å². The van der Waals surface area contributed by atoms with Crippen molar-refractivity contribution in [1.82, 2.24) is 15.0 Å². The number of aromatic carboxylic acids is 1. The van der Waals surface area contributed by atoms with Gasteiger partial charge in [0.25, 0.3) is 0 Å². The van der Waals surface area contributed by atoms with Gasteiger partial charge in [-0.05, 0) is 28.1 Å². The van der Waals surface area contributed by atoms with E-state index in [1.165, 1.54) is 16.1 Å². The highest BCUT2D eigenvalue weighted by Crippen LogP contribution is 2.31. The minimum Gasteiger partial charge on any atom is -0.476 e. The zero-order valence-electron chi connectivity index (χ0n) is 7.64. The molecular weight excluding hydrogens is 282 g/mol. The monoisotopic (exact) mass is 287 g/mol. The van der Waals surface area contributed by atoms with Gasteiger partial charge in [-0.15, -0.1) is 16.4 Å². The maximum atomic E-state index is 10.9. The van der Waals surface area contributed by atoms with E-state index in [1.807, 2.05) is 12.1 Å². The molecule has 2 rings (SSSR count). The second-order valence-corrected chi connectivity index (χ2v) is 5.26. The Kier molecular flexibility index (Phi) is 2.57. The number of carboxylic acids is 1. The molecule has 0 radical (unpaired) electrons. The molecule has 15 heavy (non-hydrogen) atoms. The van der Waals surface area contributed by atoms with E-state index < -0.39 is 5.97 Å². The van der Waals surface area contributed by atoms with Gasteiger partial charge in [0.15, 0.2) is 5.69 Å². The highest BCUT2D eigenvalue weighted by Gasteiger charge is 2.19. The fourth-order valence-corrected chi connectivity index (χ4v) is 2.53. The SMILES string of the molecule is Cn1nc(C(=O)O)c(-c2ccc(Br)s2)n1. The zero-order valence-corrected chi connectivity index (χ0v) is 10.0. The Morgan fingerprint density at radius 2 is 2.27 bits per heavy atom. The van der Waals surface area contributed by atoms with Crippen LogP contribution >= 0.6 is 27.3 Å². The molecule has 0 aromatic carbocycles. The van der Waals surface area contributed by atoms with Crippen molar-refractivity contribution in [3.63, 3.8) is 0 Å². The summed E-state index contributed by atoms with van der Waals surface area (Å²) in [5.41, 5.74) is 0.382. The van der Waals surface area contributed by atoms with Crippen LogP contribution in [0.5, 0.6) is 0 Å². The van der Waals surface area contributed by atoms with Gasteiger partial charge in [-0.3, -0.25) is 0 Å². The van der Waals surface area contributed by atoms with Crippen LogP contribution in [0.4, 0.5) is 0 Å². The molecular formula is C8H6BrN3O2S. The summed E-state index contributed by atoms with van der Waals surface area (Å²) in [7, 11) is 1.60. The lowest BCUT2D eigenvalue weighted by atomic mass is 10.3. The first-order chi connectivity index (χ1) is 7.08. The minimum absolute atomic E-state index is 0.0214. The molecule has 0 amide bonds. The van der Waals surface area contributed by atoms with E-state index in [-0.39, 0.29) is 5.69 Å². The Morgan fingerprint density at radius 3 is 2.80 bits per heavy atom. The van der Waals surface area contributed by atoms with Gasteiger partial charge in [0.1, 0.15) is 5.69 Å². The van der Waals surface area contributed by atoms with Crippen molar-refractivity contribution in [2.75, 3.05) is 0 Å². The molecule has 78 valence electrons. The van der Waals surface area contributed by atoms with E-state index in [2.05, 4.69) is 26.1 Å². The van der Waals surface area contributed by atoms with Crippen LogP contribution in [0.15, 0.2) is 15.9 Å². The average molecular weight is 288 g/mol. The van der Waals surface area contributed by atoms with Crippen molar-refractivity contribution in [2.45, 2.75) is 0 Å². The standard InChI is InChI=1S/C8H6BrN3O2S/c1-12-10-6(7(11-12)8(13)14)4-2-3-5(9)15-4/h2-3H,1H3,(H,13,14). The molecule has 5 nitrogen and oxygen atoms in total. The first-order valence-electron chi connectivity index (χ1n) is 3.98. The van der Waals surface area contributed by atoms with Gasteiger partial charge in [-0.25, -0.2) is 4.79 Å². The van der Waals surface area contributed by atoms with Crippen molar-refractivity contribution in [2.24, 2.45) is 7.05 Å². The number of halogens is 1. The van der Waals surface area contributed by atoms with E-state index in [9.17, 15) is 4.79 Å². The predicted molar refractivity (Wildman–Crippen MR) is 59.0 cm³/mol. The molecule has 0 unspecified atom stereocenters. The predicted octanol–water partition coefficient (Wildman–Crippen LogP) is 2.00. The third-order valence-electron chi connectivity index (χ3n) is 1.72. The summed E-state index contributed by atoms with van der Waals surface area (Å²) in [5.74, 6) is -1.07. The summed E-state index contributed by atoms with van der Waals surface area (Å²) < 4.78 is 0.930. The molecule has 0 aliphatic rings. The molecule has 0 bridgehead atoms. The normalized spacial score (nSPS) is 10.5. The van der Waals surface area contributed by atoms with Crippen LogP contribution in [0.25, 0.3) is 10.6 Å². The van der Waals surface area contributed by atoms with Gasteiger partial charge in [0.05, 0.1) is 8.66 Å². The van der Waals surface area contributed by atoms with Crippen molar-refractivity contribution < 1.29 is 9.90 Å². The van der Waals surface area contributed by atoms with E-state index in [0.29, 0.717) is 5.69 Å². The molecule has 0 aliphatic carbocycles. The van der Waals surface area contributed by atoms with Gasteiger partial charge < -0.3 is 5.11 Å². The van der Waals surface area contributed by atoms with Gasteiger partial charge >= 0.3 is 5.97 Å². The summed E-state index contributed by atoms with van der Waals surface area (Å²) in [6.45, 7) is 0. The van der Waals surface area contributed by atoms with Crippen LogP contribution in [0.1, 0.15) is 10.5 Å². The molecule has 7 heteroatoms. The van der Waals surface area contributed by atoms with Crippen LogP contribution in [0, 0.1) is 0 Å². The topological polar surface area (TPSA) is 68.0 Å². The lowest BCUT2D eigenvalue weighted by molar-refractivity contribution is 0.0690. The van der Waals surface area contributed by atoms with Gasteiger partial charge in [0.2, 0.25) is 0 Å². The number of rotatable bonds is 2. The third kappa shape index (κ3) is 1.93. The minimum atomic E-state index is -1.07. The quantitative estimate of drug-likeness (QED) is 0.917. The number of thiophene rings is 1. The molecule has 2 aromatic heterocycles. The Hall–Kier alpha value is -1.21. The number of nitrogens with zero attached hydrogens (tertiary/aromatic N) is 3. The first kappa shape index (κ1) is 10.3. The van der Waals surface area contributed by atoms with Crippen LogP contribution in [-0.4, -0.2) is 26.1 Å². The molecule has 0 aliphatic heterocycles. The fraction of sp³-hybridized carbons (Fsp3) is 0.125. The van der Waals surface area contributed by atoms with E-state index in [1.54, 1.807) is 7.05 Å². The Labute approximate surface area is 97.5 Å². The molecule has 0 atom stereocenters. The van der Waals surface area contributed by atoms with Crippen LogP contribution in [0.2, 0.25) is 0 Å². The summed E-state index contributed by atoms with van der Waals surface area (Å²) in [6, 6.07) is 3.66.